The van der Waals surface area contributed by atoms with Gasteiger partial charge >= 0.3 is 0 Å². The van der Waals surface area contributed by atoms with Crippen molar-refractivity contribution in [3.05, 3.63) is 54.6 Å². The Kier molecular flexibility index (Phi) is 7.48. The maximum Gasteiger partial charge on any atom is 0.247 e. The summed E-state index contributed by atoms with van der Waals surface area (Å²) in [4.78, 5) is 48.7. The smallest absolute Gasteiger partial charge is 0.247 e. The van der Waals surface area contributed by atoms with Crippen molar-refractivity contribution < 1.29 is 19.5 Å². The Morgan fingerprint density at radius 2 is 1.59 bits per heavy atom. The molecule has 0 aromatic heterocycles. The van der Waals surface area contributed by atoms with Crippen molar-refractivity contribution in [3.63, 3.8) is 0 Å². The van der Waals surface area contributed by atoms with Gasteiger partial charge in [-0.15, -0.1) is 11.8 Å². The van der Waals surface area contributed by atoms with Gasteiger partial charge in [-0.25, -0.2) is 0 Å². The number of aliphatic hydroxyl groups excluding tert-OH is 1. The van der Waals surface area contributed by atoms with Crippen LogP contribution in [0.1, 0.15) is 53.4 Å². The highest BCUT2D eigenvalue weighted by Crippen LogP contribution is 2.65. The molecule has 1 N–H and O–H groups in total. The molecule has 1 aromatic carbocycles. The number of likely N-dealkylation sites (tertiary alicyclic amines) is 1. The minimum absolute atomic E-state index is 0.0392. The number of unbranched alkanes of at least 4 members (excludes halogenated alkanes) is 3. The maximum absolute atomic E-state index is 14.5. The summed E-state index contributed by atoms with van der Waals surface area (Å²) in [6, 6.07) is 8.97. The van der Waals surface area contributed by atoms with E-state index in [-0.39, 0.29) is 24.3 Å². The van der Waals surface area contributed by atoms with Crippen LogP contribution in [0, 0.1) is 11.8 Å². The molecule has 4 aliphatic rings. The third kappa shape index (κ3) is 4.63. The lowest BCUT2D eigenvalue weighted by atomic mass is 9.74. The van der Waals surface area contributed by atoms with Gasteiger partial charge in [0, 0.05) is 42.2 Å². The summed E-state index contributed by atoms with van der Waals surface area (Å²) in [5.74, 6) is -1.40. The molecule has 0 radical (unpaired) electrons. The highest BCUT2D eigenvalue weighted by atomic mass is 32.2. The second kappa shape index (κ2) is 10.4. The van der Waals surface area contributed by atoms with E-state index in [4.69, 9.17) is 0 Å². The predicted octanol–water partition coefficient (Wildman–Crippen LogP) is 4.03. The first-order valence-corrected chi connectivity index (χ1v) is 15.0. The summed E-state index contributed by atoms with van der Waals surface area (Å²) >= 11 is 1.63. The largest absolute Gasteiger partial charge is 0.396 e. The number of rotatable bonds is 7. The zero-order valence-corrected chi connectivity index (χ0v) is 24.3. The van der Waals surface area contributed by atoms with Gasteiger partial charge in [-0.05, 0) is 52.7 Å². The molecule has 0 aliphatic carbocycles. The van der Waals surface area contributed by atoms with Gasteiger partial charge in [0.25, 0.3) is 0 Å². The molecule has 4 heterocycles. The number of carbonyl (C=O) groups is 3. The number of benzene rings is 1. The highest BCUT2D eigenvalue weighted by molar-refractivity contribution is 8.02. The van der Waals surface area contributed by atoms with Crippen LogP contribution in [0.5, 0.6) is 0 Å². The third-order valence-corrected chi connectivity index (χ3v) is 10.5. The number of amides is 3. The Labute approximate surface area is 236 Å². The van der Waals surface area contributed by atoms with Crippen molar-refractivity contribution in [1.82, 2.24) is 9.80 Å². The monoisotopic (exact) mass is 551 g/mol. The fourth-order valence-corrected chi connectivity index (χ4v) is 9.11. The Balaban J connectivity index is 1.57. The zero-order valence-electron chi connectivity index (χ0n) is 23.5. The van der Waals surface area contributed by atoms with Crippen LogP contribution in [0.2, 0.25) is 0 Å². The van der Waals surface area contributed by atoms with Gasteiger partial charge in [-0.2, -0.15) is 0 Å². The lowest BCUT2D eigenvalue weighted by Crippen LogP contribution is -2.57. The number of fused-ring (bicyclic) bond motifs is 2. The normalized spacial score (nSPS) is 32.3. The van der Waals surface area contributed by atoms with E-state index < -0.39 is 32.9 Å². The second-order valence-electron chi connectivity index (χ2n) is 12.4. The number of nitrogens with zero attached hydrogens (tertiary/aromatic N) is 3. The SMILES string of the molecule is CC(C)(C)N1CC=C[C@]23S[C@]4(C)C=CCN(c5ccccc5)C(=O)[C@@H]4[C@H]2C(=O)N(CCCCCCO)C3C1=O. The molecule has 5 rings (SSSR count). The number of thioether (sulfide) groups is 1. The molecule has 1 aromatic rings. The van der Waals surface area contributed by atoms with Gasteiger partial charge in [0.1, 0.15) is 6.04 Å². The topological polar surface area (TPSA) is 81.2 Å². The van der Waals surface area contributed by atoms with Crippen LogP contribution in [0.15, 0.2) is 54.6 Å². The number of hydrogen-bond donors (Lipinski definition) is 1. The van der Waals surface area contributed by atoms with E-state index in [0.29, 0.717) is 19.6 Å². The maximum atomic E-state index is 14.5. The molecule has 8 heteroatoms. The molecule has 39 heavy (non-hydrogen) atoms. The summed E-state index contributed by atoms with van der Waals surface area (Å²) in [5, 5.41) is 9.17. The molecule has 1 unspecified atom stereocenters. The first-order chi connectivity index (χ1) is 18.5. The molecule has 210 valence electrons. The number of anilines is 1. The first-order valence-electron chi connectivity index (χ1n) is 14.2. The van der Waals surface area contributed by atoms with Crippen LogP contribution >= 0.6 is 11.8 Å². The van der Waals surface area contributed by atoms with Crippen molar-refractivity contribution in [2.24, 2.45) is 11.8 Å². The van der Waals surface area contributed by atoms with Crippen molar-refractivity contribution in [2.45, 2.75) is 74.5 Å². The fourth-order valence-electron chi connectivity index (χ4n) is 6.95. The molecule has 7 nitrogen and oxygen atoms in total. The molecule has 0 bridgehead atoms. The van der Waals surface area contributed by atoms with Gasteiger partial charge in [0.05, 0.1) is 16.6 Å². The quantitative estimate of drug-likeness (QED) is 0.409. The van der Waals surface area contributed by atoms with Crippen LogP contribution in [-0.2, 0) is 14.4 Å². The Morgan fingerprint density at radius 1 is 0.897 bits per heavy atom. The average molecular weight is 552 g/mol. The van der Waals surface area contributed by atoms with Crippen molar-refractivity contribution in [2.75, 3.05) is 31.1 Å². The molecule has 2 fully saturated rings. The fraction of sp³-hybridized carbons (Fsp3) is 0.581. The molecule has 2 saturated heterocycles. The van der Waals surface area contributed by atoms with Crippen molar-refractivity contribution in [3.8, 4) is 0 Å². The lowest BCUT2D eigenvalue weighted by molar-refractivity contribution is -0.145. The number of aliphatic hydroxyl groups is 1. The minimum Gasteiger partial charge on any atom is -0.396 e. The Bertz CT molecular complexity index is 1180. The van der Waals surface area contributed by atoms with Gasteiger partial charge < -0.3 is 19.8 Å². The van der Waals surface area contributed by atoms with Gasteiger partial charge in [-0.1, -0.05) is 55.3 Å². The second-order valence-corrected chi connectivity index (χ2v) is 14.2. The standard InChI is InChI=1S/C31H41N3O4S/c1-29(2,3)34-20-13-17-31-24(27(37)33(25(31)28(34)38)18-10-5-6-11-21-35)23-26(36)32(22-14-8-7-9-15-22)19-12-16-30(23,4)39-31/h7-9,12-17,23-25,35H,5-6,10-11,18-21H2,1-4H3/t23-,24-,25?,30+,31-/m0/s1. The average Bonchev–Trinajstić information content (AvgIpc) is 3.14. The van der Waals surface area contributed by atoms with Crippen LogP contribution < -0.4 is 4.90 Å². The molecule has 4 aliphatic heterocycles. The molecule has 1 spiro atoms. The molecule has 0 saturated carbocycles. The van der Waals surface area contributed by atoms with E-state index in [0.717, 1.165) is 31.4 Å². The Hall–Kier alpha value is -2.58. The van der Waals surface area contributed by atoms with Crippen LogP contribution in [-0.4, -0.2) is 79.9 Å². The van der Waals surface area contributed by atoms with Crippen LogP contribution in [0.4, 0.5) is 5.69 Å². The van der Waals surface area contributed by atoms with Crippen molar-refractivity contribution in [1.29, 1.82) is 0 Å². The van der Waals surface area contributed by atoms with E-state index in [1.165, 1.54) is 0 Å². The Morgan fingerprint density at radius 3 is 2.28 bits per heavy atom. The summed E-state index contributed by atoms with van der Waals surface area (Å²) in [6.45, 7) is 9.71. The number of hydrogen-bond acceptors (Lipinski definition) is 5. The summed E-state index contributed by atoms with van der Waals surface area (Å²) in [7, 11) is 0. The predicted molar refractivity (Wildman–Crippen MR) is 155 cm³/mol. The van der Waals surface area contributed by atoms with E-state index in [1.54, 1.807) is 21.6 Å². The summed E-state index contributed by atoms with van der Waals surface area (Å²) < 4.78 is -1.44. The molecular formula is C31H41N3O4S. The number of carbonyl (C=O) groups excluding carboxylic acids is 3. The van der Waals surface area contributed by atoms with E-state index >= 15 is 0 Å². The molecule has 5 atom stereocenters. The van der Waals surface area contributed by atoms with E-state index in [9.17, 15) is 19.5 Å². The highest BCUT2D eigenvalue weighted by Gasteiger charge is 2.74. The van der Waals surface area contributed by atoms with Gasteiger partial charge in [0.15, 0.2) is 0 Å². The third-order valence-electron chi connectivity index (χ3n) is 8.74. The minimum atomic E-state index is -0.821. The van der Waals surface area contributed by atoms with Gasteiger partial charge in [-0.3, -0.25) is 14.4 Å². The zero-order chi connectivity index (χ0) is 28.0. The van der Waals surface area contributed by atoms with Crippen LogP contribution in [0.3, 0.4) is 0 Å². The molecular weight excluding hydrogens is 510 g/mol. The first kappa shape index (κ1) is 28.0. The lowest BCUT2D eigenvalue weighted by Gasteiger charge is -2.41. The van der Waals surface area contributed by atoms with Gasteiger partial charge in [0.2, 0.25) is 17.7 Å². The number of para-hydroxylation sites is 1. The van der Waals surface area contributed by atoms with E-state index in [2.05, 4.69) is 19.1 Å². The summed E-state index contributed by atoms with van der Waals surface area (Å²) in [5.41, 5.74) is 0.412. The van der Waals surface area contributed by atoms with Crippen molar-refractivity contribution >= 4 is 35.2 Å². The van der Waals surface area contributed by atoms with E-state index in [1.807, 2.05) is 68.2 Å². The molecule has 3 amide bonds. The summed E-state index contributed by atoms with van der Waals surface area (Å²) in [6.07, 6.45) is 11.5. The van der Waals surface area contributed by atoms with Crippen LogP contribution in [0.25, 0.3) is 0 Å².